The molecule has 4 heteroatoms. The molecular weight excluding hydrogens is 508 g/mol. The van der Waals surface area contributed by atoms with Gasteiger partial charge < -0.3 is 20.4 Å². The van der Waals surface area contributed by atoms with E-state index in [1.807, 2.05) is 19.1 Å². The van der Waals surface area contributed by atoms with Crippen molar-refractivity contribution < 1.29 is 20.4 Å². The molecule has 0 heterocycles. The normalized spacial score (nSPS) is 13.9. The molecule has 0 spiro atoms. The summed E-state index contributed by atoms with van der Waals surface area (Å²) < 4.78 is 0. The van der Waals surface area contributed by atoms with Gasteiger partial charge in [-0.05, 0) is 73.3 Å². The van der Waals surface area contributed by atoms with Gasteiger partial charge in [0.25, 0.3) is 0 Å². The summed E-state index contributed by atoms with van der Waals surface area (Å²) in [7, 11) is 0. The fourth-order valence-corrected chi connectivity index (χ4v) is 5.74. The lowest BCUT2D eigenvalue weighted by molar-refractivity contribution is 0.288. The van der Waals surface area contributed by atoms with E-state index in [0.29, 0.717) is 11.1 Å². The van der Waals surface area contributed by atoms with E-state index in [0.717, 1.165) is 46.2 Å². The maximum Gasteiger partial charge on any atom is 0.126 e. The van der Waals surface area contributed by atoms with Crippen LogP contribution in [0.4, 0.5) is 0 Å². The standard InChI is InChI=1S/C37H48O4/c1-11-36(7,8)25(6)19-26-16-17-29(39)28(33(26)32-22(3)14-13-15-23(32)4)18-24(5)35(37(9,10)12-2)34-30(40)20-27(38)21-31(34)41/h13-21,35,38-41H,11-12H2,1-10H3/b24-18+,25-19+. The highest BCUT2D eigenvalue weighted by Crippen LogP contribution is 2.51. The van der Waals surface area contributed by atoms with Crippen LogP contribution in [0.15, 0.2) is 53.6 Å². The van der Waals surface area contributed by atoms with Gasteiger partial charge >= 0.3 is 0 Å². The molecule has 0 bridgehead atoms. The number of phenols is 4. The summed E-state index contributed by atoms with van der Waals surface area (Å²) in [5, 5.41) is 43.2. The van der Waals surface area contributed by atoms with E-state index < -0.39 is 5.92 Å². The summed E-state index contributed by atoms with van der Waals surface area (Å²) in [5.74, 6) is -0.736. The number of hydrogen-bond donors (Lipinski definition) is 4. The third kappa shape index (κ3) is 6.48. The van der Waals surface area contributed by atoms with Gasteiger partial charge in [0.05, 0.1) is 0 Å². The summed E-state index contributed by atoms with van der Waals surface area (Å²) >= 11 is 0. The van der Waals surface area contributed by atoms with Gasteiger partial charge in [0.2, 0.25) is 0 Å². The Kier molecular flexibility index (Phi) is 9.37. The van der Waals surface area contributed by atoms with Crippen LogP contribution < -0.4 is 0 Å². The van der Waals surface area contributed by atoms with E-state index >= 15 is 0 Å². The first-order valence-electron chi connectivity index (χ1n) is 14.6. The number of rotatable bonds is 9. The van der Waals surface area contributed by atoms with Crippen LogP contribution in [-0.4, -0.2) is 20.4 Å². The molecule has 3 rings (SSSR count). The lowest BCUT2D eigenvalue weighted by Gasteiger charge is -2.36. The molecule has 4 nitrogen and oxygen atoms in total. The zero-order chi connectivity index (χ0) is 30.9. The smallest absolute Gasteiger partial charge is 0.126 e. The highest BCUT2D eigenvalue weighted by Gasteiger charge is 2.35. The fraction of sp³-hybridized carbons (Fsp3) is 0.405. The Morgan fingerprint density at radius 3 is 1.83 bits per heavy atom. The van der Waals surface area contributed by atoms with Gasteiger partial charge in [-0.3, -0.25) is 0 Å². The Hall–Kier alpha value is -3.66. The second kappa shape index (κ2) is 12.1. The molecule has 1 atom stereocenters. The number of benzene rings is 3. The fourth-order valence-electron chi connectivity index (χ4n) is 5.74. The van der Waals surface area contributed by atoms with Crippen molar-refractivity contribution in [3.05, 3.63) is 81.4 Å². The molecule has 0 radical (unpaired) electrons. The molecule has 0 aromatic heterocycles. The van der Waals surface area contributed by atoms with Gasteiger partial charge in [0, 0.05) is 34.7 Å². The van der Waals surface area contributed by atoms with Crippen molar-refractivity contribution in [3.63, 3.8) is 0 Å². The molecule has 220 valence electrons. The van der Waals surface area contributed by atoms with E-state index in [-0.39, 0.29) is 33.8 Å². The van der Waals surface area contributed by atoms with Gasteiger partial charge in [-0.15, -0.1) is 0 Å². The largest absolute Gasteiger partial charge is 0.508 e. The summed E-state index contributed by atoms with van der Waals surface area (Å²) in [5.41, 5.74) is 8.16. The van der Waals surface area contributed by atoms with Gasteiger partial charge in [-0.25, -0.2) is 0 Å². The molecule has 0 fully saturated rings. The van der Waals surface area contributed by atoms with Gasteiger partial charge in [-0.1, -0.05) is 95.5 Å². The molecule has 0 amide bonds. The van der Waals surface area contributed by atoms with Crippen LogP contribution in [0.3, 0.4) is 0 Å². The van der Waals surface area contributed by atoms with Crippen LogP contribution in [0.5, 0.6) is 23.0 Å². The van der Waals surface area contributed by atoms with Crippen molar-refractivity contribution in [2.45, 2.75) is 88.0 Å². The Balaban J connectivity index is 2.45. The Bertz CT molecular complexity index is 1440. The van der Waals surface area contributed by atoms with E-state index in [2.05, 4.69) is 86.6 Å². The molecule has 0 aliphatic rings. The van der Waals surface area contributed by atoms with E-state index in [1.165, 1.54) is 17.7 Å². The maximum atomic E-state index is 11.4. The molecule has 0 saturated heterocycles. The van der Waals surface area contributed by atoms with Crippen LogP contribution in [0.1, 0.15) is 102 Å². The second-order valence-corrected chi connectivity index (χ2v) is 12.9. The minimum Gasteiger partial charge on any atom is -0.508 e. The Morgan fingerprint density at radius 1 is 0.756 bits per heavy atom. The van der Waals surface area contributed by atoms with Crippen LogP contribution in [0.2, 0.25) is 0 Å². The minimum absolute atomic E-state index is 0.0199. The molecular formula is C37H48O4. The van der Waals surface area contributed by atoms with Crippen LogP contribution in [-0.2, 0) is 0 Å². The summed E-state index contributed by atoms with van der Waals surface area (Å²) in [6.45, 7) is 21.3. The van der Waals surface area contributed by atoms with Crippen molar-refractivity contribution in [2.75, 3.05) is 0 Å². The summed E-state index contributed by atoms with van der Waals surface area (Å²) in [6.07, 6.45) is 6.02. The number of allylic oxidation sites excluding steroid dienone is 2. The predicted octanol–water partition coefficient (Wildman–Crippen LogP) is 10.3. The predicted molar refractivity (Wildman–Crippen MR) is 173 cm³/mol. The second-order valence-electron chi connectivity index (χ2n) is 12.9. The number of aryl methyl sites for hydroxylation is 2. The third-order valence-corrected chi connectivity index (χ3v) is 9.24. The van der Waals surface area contributed by atoms with Crippen molar-refractivity contribution in [3.8, 4) is 34.1 Å². The first kappa shape index (κ1) is 31.9. The highest BCUT2D eigenvalue weighted by atomic mass is 16.3. The van der Waals surface area contributed by atoms with E-state index in [1.54, 1.807) is 6.07 Å². The average Bonchev–Trinajstić information content (AvgIpc) is 2.88. The van der Waals surface area contributed by atoms with Gasteiger partial charge in [-0.2, -0.15) is 0 Å². The zero-order valence-electron chi connectivity index (χ0n) is 26.5. The average molecular weight is 557 g/mol. The lowest BCUT2D eigenvalue weighted by atomic mass is 9.68. The van der Waals surface area contributed by atoms with Gasteiger partial charge in [0.1, 0.15) is 23.0 Å². The van der Waals surface area contributed by atoms with E-state index in [4.69, 9.17) is 0 Å². The molecule has 0 aliphatic heterocycles. The molecule has 3 aromatic rings. The van der Waals surface area contributed by atoms with Crippen molar-refractivity contribution in [2.24, 2.45) is 10.8 Å². The van der Waals surface area contributed by atoms with Crippen LogP contribution >= 0.6 is 0 Å². The Morgan fingerprint density at radius 2 is 1.32 bits per heavy atom. The Labute approximate surface area is 246 Å². The minimum atomic E-state index is -0.390. The van der Waals surface area contributed by atoms with Crippen molar-refractivity contribution >= 4 is 12.2 Å². The number of aromatic hydroxyl groups is 4. The number of phenolic OH excluding ortho intramolecular Hbond substituents is 4. The first-order chi connectivity index (χ1) is 19.0. The van der Waals surface area contributed by atoms with Crippen molar-refractivity contribution in [1.82, 2.24) is 0 Å². The SMILES string of the molecule is CCC(C)(C)/C(C)=C/c1ccc(O)c(/C=C(\C)C(c2c(O)cc(O)cc2O)C(C)(C)CC)c1-c1c(C)cccc1C. The molecule has 0 aliphatic carbocycles. The molecule has 3 aromatic carbocycles. The lowest BCUT2D eigenvalue weighted by Crippen LogP contribution is -2.23. The molecule has 1 unspecified atom stereocenters. The third-order valence-electron chi connectivity index (χ3n) is 9.24. The number of hydrogen-bond acceptors (Lipinski definition) is 4. The quantitative estimate of drug-likeness (QED) is 0.211. The zero-order valence-corrected chi connectivity index (χ0v) is 26.5. The first-order valence-corrected chi connectivity index (χ1v) is 14.6. The maximum absolute atomic E-state index is 11.4. The molecule has 0 saturated carbocycles. The van der Waals surface area contributed by atoms with Crippen LogP contribution in [0, 0.1) is 24.7 Å². The van der Waals surface area contributed by atoms with Crippen LogP contribution in [0.25, 0.3) is 23.3 Å². The molecule has 41 heavy (non-hydrogen) atoms. The topological polar surface area (TPSA) is 80.9 Å². The van der Waals surface area contributed by atoms with E-state index in [9.17, 15) is 20.4 Å². The monoisotopic (exact) mass is 556 g/mol. The summed E-state index contributed by atoms with van der Waals surface area (Å²) in [4.78, 5) is 0. The van der Waals surface area contributed by atoms with Gasteiger partial charge in [0.15, 0.2) is 0 Å². The molecule has 4 N–H and O–H groups in total. The summed E-state index contributed by atoms with van der Waals surface area (Å²) in [6, 6.07) is 12.5. The van der Waals surface area contributed by atoms with Crippen molar-refractivity contribution in [1.29, 1.82) is 0 Å². The highest BCUT2D eigenvalue weighted by molar-refractivity contribution is 5.89.